The van der Waals surface area contributed by atoms with Crippen LogP contribution < -0.4 is 10.6 Å². The summed E-state index contributed by atoms with van der Waals surface area (Å²) in [6, 6.07) is 6.91. The number of carbonyl (C=O) groups excluding carboxylic acids is 3. The van der Waals surface area contributed by atoms with E-state index < -0.39 is 0 Å². The van der Waals surface area contributed by atoms with Crippen molar-refractivity contribution in [3.63, 3.8) is 0 Å². The van der Waals surface area contributed by atoms with E-state index >= 15 is 0 Å². The van der Waals surface area contributed by atoms with Crippen molar-refractivity contribution in [2.45, 2.75) is 90.5 Å². The molecule has 1 aromatic carbocycles. The molecule has 2 amide bonds. The first kappa shape index (κ1) is 23.8. The molecule has 0 heterocycles. The van der Waals surface area contributed by atoms with Crippen molar-refractivity contribution in [2.24, 2.45) is 0 Å². The highest BCUT2D eigenvalue weighted by Crippen LogP contribution is 2.17. The van der Waals surface area contributed by atoms with Crippen LogP contribution in [0.25, 0.3) is 0 Å². The van der Waals surface area contributed by atoms with Gasteiger partial charge in [-0.3, -0.25) is 14.4 Å². The zero-order valence-electron chi connectivity index (χ0n) is 18.5. The lowest BCUT2D eigenvalue weighted by Crippen LogP contribution is -2.34. The van der Waals surface area contributed by atoms with Crippen LogP contribution in [0.15, 0.2) is 35.9 Å². The summed E-state index contributed by atoms with van der Waals surface area (Å²) in [6.45, 7) is 3.14. The summed E-state index contributed by atoms with van der Waals surface area (Å²) in [7, 11) is 0. The Bertz CT molecular complexity index is 725. The Labute approximate surface area is 180 Å². The summed E-state index contributed by atoms with van der Waals surface area (Å²) in [5.41, 5.74) is 1.55. The predicted octanol–water partition coefficient (Wildman–Crippen LogP) is 5.56. The van der Waals surface area contributed by atoms with E-state index in [0.717, 1.165) is 25.7 Å². The number of hydrogen-bond donors (Lipinski definition) is 2. The first-order chi connectivity index (χ1) is 14.5. The Morgan fingerprint density at radius 2 is 1.30 bits per heavy atom. The van der Waals surface area contributed by atoms with Crippen molar-refractivity contribution >= 4 is 23.3 Å². The Hall–Kier alpha value is -2.43. The summed E-state index contributed by atoms with van der Waals surface area (Å²) >= 11 is 0. The van der Waals surface area contributed by atoms with Gasteiger partial charge < -0.3 is 10.6 Å². The van der Waals surface area contributed by atoms with Gasteiger partial charge >= 0.3 is 0 Å². The topological polar surface area (TPSA) is 75.3 Å². The number of benzene rings is 1. The van der Waals surface area contributed by atoms with Gasteiger partial charge in [-0.15, -0.1) is 0 Å². The van der Waals surface area contributed by atoms with Gasteiger partial charge in [0.05, 0.1) is 0 Å². The van der Waals surface area contributed by atoms with E-state index in [9.17, 15) is 14.4 Å². The van der Waals surface area contributed by atoms with Crippen molar-refractivity contribution in [1.82, 2.24) is 5.32 Å². The zero-order chi connectivity index (χ0) is 21.8. The molecule has 5 nitrogen and oxygen atoms in total. The van der Waals surface area contributed by atoms with Crippen LogP contribution in [-0.2, 0) is 9.59 Å². The van der Waals surface area contributed by atoms with Gasteiger partial charge in [0.25, 0.3) is 5.91 Å². The monoisotopic (exact) mass is 412 g/mol. The Morgan fingerprint density at radius 1 is 0.800 bits per heavy atom. The summed E-state index contributed by atoms with van der Waals surface area (Å²) in [4.78, 5) is 36.2. The van der Waals surface area contributed by atoms with E-state index in [0.29, 0.717) is 16.8 Å². The van der Waals surface area contributed by atoms with Crippen LogP contribution >= 0.6 is 0 Å². The fourth-order valence-corrected chi connectivity index (χ4v) is 3.83. The van der Waals surface area contributed by atoms with Gasteiger partial charge in [-0.25, -0.2) is 0 Å². The Balaban J connectivity index is 1.87. The van der Waals surface area contributed by atoms with Crippen LogP contribution in [0.3, 0.4) is 0 Å². The third kappa shape index (κ3) is 8.93. The minimum atomic E-state index is -0.320. The lowest BCUT2D eigenvalue weighted by molar-refractivity contribution is -0.118. The highest BCUT2D eigenvalue weighted by molar-refractivity contribution is 6.07. The summed E-state index contributed by atoms with van der Waals surface area (Å²) in [5, 5.41) is 5.87. The Morgan fingerprint density at radius 3 is 1.80 bits per heavy atom. The molecule has 164 valence electrons. The number of rotatable bonds is 5. The second-order valence-corrected chi connectivity index (χ2v) is 8.38. The molecule has 1 fully saturated rings. The standard InChI is InChI=1S/C25H36N2O3/c1-19(25(30)27-23-16-14-21(15-17-23)20(2)28)18-24(29)26-22-12-10-8-6-4-3-5-7-9-11-13-22/h14-18,22H,3-13H2,1-2H3,(H,26,29)(H,27,30)/b19-18-. The fraction of sp³-hybridized carbons (Fsp3) is 0.560. The number of hydrogen-bond acceptors (Lipinski definition) is 3. The summed E-state index contributed by atoms with van der Waals surface area (Å²) < 4.78 is 0. The number of anilines is 1. The van der Waals surface area contributed by atoms with Gasteiger partial charge in [-0.2, -0.15) is 0 Å². The minimum absolute atomic E-state index is 0.0210. The molecule has 0 saturated heterocycles. The van der Waals surface area contributed by atoms with Gasteiger partial charge in [0, 0.05) is 28.9 Å². The zero-order valence-corrected chi connectivity index (χ0v) is 18.5. The number of ketones is 1. The molecule has 0 bridgehead atoms. The Kier molecular flexibility index (Phi) is 10.3. The van der Waals surface area contributed by atoms with E-state index in [1.54, 1.807) is 31.2 Å². The number of Topliss-reactive ketones (excluding diaryl/α,β-unsaturated/α-hetero) is 1. The molecule has 0 aromatic heterocycles. The quantitative estimate of drug-likeness (QED) is 0.491. The molecular formula is C25H36N2O3. The largest absolute Gasteiger partial charge is 0.350 e. The molecule has 1 aromatic rings. The van der Waals surface area contributed by atoms with Crippen LogP contribution in [0, 0.1) is 0 Å². The first-order valence-corrected chi connectivity index (χ1v) is 11.4. The molecule has 0 radical (unpaired) electrons. The van der Waals surface area contributed by atoms with Crippen LogP contribution in [0.1, 0.15) is 94.8 Å². The van der Waals surface area contributed by atoms with Gasteiger partial charge in [-0.1, -0.05) is 57.8 Å². The first-order valence-electron chi connectivity index (χ1n) is 11.4. The molecule has 2 rings (SSSR count). The molecular weight excluding hydrogens is 376 g/mol. The number of amides is 2. The maximum Gasteiger partial charge on any atom is 0.251 e. The van der Waals surface area contributed by atoms with Crippen molar-refractivity contribution in [1.29, 1.82) is 0 Å². The average Bonchev–Trinajstić information content (AvgIpc) is 2.70. The minimum Gasteiger partial charge on any atom is -0.350 e. The highest BCUT2D eigenvalue weighted by Gasteiger charge is 2.13. The molecule has 0 spiro atoms. The predicted molar refractivity (Wildman–Crippen MR) is 122 cm³/mol. The maximum atomic E-state index is 12.5. The van der Waals surface area contributed by atoms with Crippen LogP contribution in [0.4, 0.5) is 5.69 Å². The van der Waals surface area contributed by atoms with Crippen LogP contribution in [-0.4, -0.2) is 23.6 Å². The average molecular weight is 413 g/mol. The SMILES string of the molecule is CC(=O)c1ccc(NC(=O)/C(C)=C\C(=O)NC2CCCCCCCCCCC2)cc1. The molecule has 0 unspecified atom stereocenters. The van der Waals surface area contributed by atoms with Gasteiger partial charge in [0.15, 0.2) is 5.78 Å². The van der Waals surface area contributed by atoms with E-state index in [-0.39, 0.29) is 23.6 Å². The molecule has 5 heteroatoms. The number of carbonyl (C=O) groups is 3. The molecule has 2 N–H and O–H groups in total. The lowest BCUT2D eigenvalue weighted by atomic mass is 9.98. The highest BCUT2D eigenvalue weighted by atomic mass is 16.2. The van der Waals surface area contributed by atoms with Crippen LogP contribution in [0.5, 0.6) is 0 Å². The summed E-state index contributed by atoms with van der Waals surface area (Å²) in [6.07, 6.45) is 14.7. The van der Waals surface area contributed by atoms with Crippen LogP contribution in [0.2, 0.25) is 0 Å². The smallest absolute Gasteiger partial charge is 0.251 e. The van der Waals surface area contributed by atoms with E-state index in [2.05, 4.69) is 10.6 Å². The second-order valence-electron chi connectivity index (χ2n) is 8.38. The van der Waals surface area contributed by atoms with E-state index in [4.69, 9.17) is 0 Å². The molecule has 0 aliphatic heterocycles. The van der Waals surface area contributed by atoms with Gasteiger partial charge in [0.2, 0.25) is 5.91 Å². The molecule has 0 atom stereocenters. The molecule has 30 heavy (non-hydrogen) atoms. The van der Waals surface area contributed by atoms with E-state index in [1.165, 1.54) is 57.9 Å². The van der Waals surface area contributed by atoms with Crippen molar-refractivity contribution in [2.75, 3.05) is 5.32 Å². The van der Waals surface area contributed by atoms with Crippen molar-refractivity contribution in [3.05, 3.63) is 41.5 Å². The lowest BCUT2D eigenvalue weighted by Gasteiger charge is -2.19. The van der Waals surface area contributed by atoms with Gasteiger partial charge in [0.1, 0.15) is 0 Å². The third-order valence-corrected chi connectivity index (χ3v) is 5.71. The molecule has 1 aliphatic rings. The van der Waals surface area contributed by atoms with Gasteiger partial charge in [-0.05, 0) is 51.0 Å². The van der Waals surface area contributed by atoms with Crippen molar-refractivity contribution < 1.29 is 14.4 Å². The van der Waals surface area contributed by atoms with E-state index in [1.807, 2.05) is 0 Å². The van der Waals surface area contributed by atoms with Crippen molar-refractivity contribution in [3.8, 4) is 0 Å². The normalized spacial score (nSPS) is 17.3. The fourth-order valence-electron chi connectivity index (χ4n) is 3.83. The maximum absolute atomic E-state index is 12.5. The molecule has 1 aliphatic carbocycles. The summed E-state index contributed by atoms with van der Waals surface area (Å²) in [5.74, 6) is -0.543. The second kappa shape index (κ2) is 13.0. The third-order valence-electron chi connectivity index (χ3n) is 5.71. The number of nitrogens with one attached hydrogen (secondary N) is 2. The molecule has 1 saturated carbocycles.